The first-order chi connectivity index (χ1) is 16.6. The number of nitrogens with one attached hydrogen (secondary N) is 1. The summed E-state index contributed by atoms with van der Waals surface area (Å²) in [5, 5.41) is 2.77. The van der Waals surface area contributed by atoms with Gasteiger partial charge in [-0.15, -0.1) is 0 Å². The van der Waals surface area contributed by atoms with E-state index in [1.807, 2.05) is 32.9 Å². The summed E-state index contributed by atoms with van der Waals surface area (Å²) in [6.07, 6.45) is 2.76. The van der Waals surface area contributed by atoms with E-state index in [4.69, 9.17) is 0 Å². The molecule has 2 aromatic rings. The lowest BCUT2D eigenvalue weighted by Crippen LogP contribution is -2.49. The highest BCUT2D eigenvalue weighted by Crippen LogP contribution is 2.20. The molecule has 1 atom stereocenters. The van der Waals surface area contributed by atoms with Crippen LogP contribution in [0.15, 0.2) is 48.5 Å². The SMILES string of the molecule is CCNC(=O)[C@H](CC)N(Cc1ccc(F)cc1)C(=O)CCCN(c1ccc(CC)cc1)S(C)(=O)=O. The van der Waals surface area contributed by atoms with Crippen molar-refractivity contribution < 1.29 is 22.4 Å². The van der Waals surface area contributed by atoms with Crippen LogP contribution in [0.2, 0.25) is 0 Å². The van der Waals surface area contributed by atoms with E-state index in [2.05, 4.69) is 5.32 Å². The van der Waals surface area contributed by atoms with Crippen LogP contribution in [0.1, 0.15) is 51.2 Å². The third kappa shape index (κ3) is 8.35. The van der Waals surface area contributed by atoms with Crippen molar-refractivity contribution >= 4 is 27.5 Å². The van der Waals surface area contributed by atoms with E-state index in [1.54, 1.807) is 24.3 Å². The van der Waals surface area contributed by atoms with Crippen LogP contribution in [0.3, 0.4) is 0 Å². The third-order valence-electron chi connectivity index (χ3n) is 5.79. The Morgan fingerprint density at radius 1 is 0.971 bits per heavy atom. The van der Waals surface area contributed by atoms with E-state index in [-0.39, 0.29) is 43.6 Å². The molecule has 0 bridgehead atoms. The van der Waals surface area contributed by atoms with Crippen molar-refractivity contribution in [1.82, 2.24) is 10.2 Å². The predicted molar refractivity (Wildman–Crippen MR) is 137 cm³/mol. The van der Waals surface area contributed by atoms with Crippen LogP contribution >= 0.6 is 0 Å². The summed E-state index contributed by atoms with van der Waals surface area (Å²) in [5.41, 5.74) is 2.36. The van der Waals surface area contributed by atoms with Crippen molar-refractivity contribution in [3.8, 4) is 0 Å². The molecular formula is C26H36FN3O4S. The number of sulfonamides is 1. The topological polar surface area (TPSA) is 86.8 Å². The molecule has 192 valence electrons. The van der Waals surface area contributed by atoms with E-state index in [1.165, 1.54) is 21.3 Å². The largest absolute Gasteiger partial charge is 0.355 e. The number of carbonyl (C=O) groups excluding carboxylic acids is 2. The Morgan fingerprint density at radius 3 is 2.09 bits per heavy atom. The fourth-order valence-corrected chi connectivity index (χ4v) is 4.87. The molecule has 2 rings (SSSR count). The maximum atomic E-state index is 13.4. The number of amides is 2. The molecule has 2 amide bonds. The van der Waals surface area contributed by atoms with Gasteiger partial charge in [0.15, 0.2) is 0 Å². The van der Waals surface area contributed by atoms with E-state index < -0.39 is 16.1 Å². The van der Waals surface area contributed by atoms with Gasteiger partial charge in [-0.25, -0.2) is 12.8 Å². The zero-order valence-corrected chi connectivity index (χ0v) is 21.8. The molecule has 0 unspecified atom stereocenters. The summed E-state index contributed by atoms with van der Waals surface area (Å²) in [5.74, 6) is -0.892. The quantitative estimate of drug-likeness (QED) is 0.448. The van der Waals surface area contributed by atoms with Crippen LogP contribution in [-0.4, -0.2) is 50.5 Å². The molecule has 7 nitrogen and oxygen atoms in total. The van der Waals surface area contributed by atoms with Gasteiger partial charge in [-0.1, -0.05) is 38.1 Å². The highest BCUT2D eigenvalue weighted by atomic mass is 32.2. The van der Waals surface area contributed by atoms with Gasteiger partial charge < -0.3 is 10.2 Å². The lowest BCUT2D eigenvalue weighted by atomic mass is 10.1. The van der Waals surface area contributed by atoms with E-state index in [9.17, 15) is 22.4 Å². The molecule has 0 heterocycles. The average molecular weight is 506 g/mol. The average Bonchev–Trinajstić information content (AvgIpc) is 2.82. The molecule has 0 spiro atoms. The number of rotatable bonds is 13. The Kier molecular flexibility index (Phi) is 10.7. The molecular weight excluding hydrogens is 469 g/mol. The van der Waals surface area contributed by atoms with Crippen LogP contribution in [0, 0.1) is 5.82 Å². The Labute approximate surface area is 208 Å². The highest BCUT2D eigenvalue weighted by Gasteiger charge is 2.28. The molecule has 1 N–H and O–H groups in total. The van der Waals surface area contributed by atoms with E-state index >= 15 is 0 Å². The summed E-state index contributed by atoms with van der Waals surface area (Å²) in [6.45, 7) is 6.40. The van der Waals surface area contributed by atoms with Gasteiger partial charge in [-0.05, 0) is 61.6 Å². The van der Waals surface area contributed by atoms with Crippen molar-refractivity contribution in [2.75, 3.05) is 23.7 Å². The lowest BCUT2D eigenvalue weighted by Gasteiger charge is -2.31. The molecule has 0 aliphatic carbocycles. The molecule has 0 radical (unpaired) electrons. The van der Waals surface area contributed by atoms with Gasteiger partial charge in [0.05, 0.1) is 11.9 Å². The monoisotopic (exact) mass is 505 g/mol. The maximum absolute atomic E-state index is 13.4. The van der Waals surface area contributed by atoms with Gasteiger partial charge in [0.25, 0.3) is 0 Å². The second kappa shape index (κ2) is 13.2. The summed E-state index contributed by atoms with van der Waals surface area (Å²) in [4.78, 5) is 27.4. The smallest absolute Gasteiger partial charge is 0.242 e. The van der Waals surface area contributed by atoms with Gasteiger partial charge in [-0.2, -0.15) is 0 Å². The number of hydrogen-bond donors (Lipinski definition) is 1. The molecule has 35 heavy (non-hydrogen) atoms. The van der Waals surface area contributed by atoms with Gasteiger partial charge >= 0.3 is 0 Å². The Balaban J connectivity index is 2.18. The van der Waals surface area contributed by atoms with Crippen LogP contribution in [-0.2, 0) is 32.6 Å². The molecule has 0 saturated heterocycles. The van der Waals surface area contributed by atoms with Gasteiger partial charge in [-0.3, -0.25) is 13.9 Å². The highest BCUT2D eigenvalue weighted by molar-refractivity contribution is 7.92. The Hall–Kier alpha value is -2.94. The predicted octanol–water partition coefficient (Wildman–Crippen LogP) is 3.88. The van der Waals surface area contributed by atoms with E-state index in [0.29, 0.717) is 24.2 Å². The summed E-state index contributed by atoms with van der Waals surface area (Å²) in [7, 11) is -3.54. The fourth-order valence-electron chi connectivity index (χ4n) is 3.90. The minimum atomic E-state index is -3.54. The normalized spacial score (nSPS) is 12.1. The Bertz CT molecular complexity index is 1070. The second-order valence-corrected chi connectivity index (χ2v) is 10.3. The molecule has 2 aromatic carbocycles. The third-order valence-corrected chi connectivity index (χ3v) is 6.98. The first-order valence-corrected chi connectivity index (χ1v) is 13.8. The molecule has 0 aliphatic heterocycles. The number of benzene rings is 2. The van der Waals surface area contributed by atoms with Crippen LogP contribution in [0.25, 0.3) is 0 Å². The van der Waals surface area contributed by atoms with Crippen molar-refractivity contribution in [3.05, 3.63) is 65.5 Å². The zero-order chi connectivity index (χ0) is 26.0. The maximum Gasteiger partial charge on any atom is 0.242 e. The number of aryl methyl sites for hydroxylation is 1. The molecule has 0 saturated carbocycles. The standard InChI is InChI=1S/C26H36FN3O4S/c1-5-20-12-16-23(17-13-20)30(35(4,33)34)18-8-9-25(31)29(24(6-2)26(32)28-7-3)19-21-10-14-22(27)15-11-21/h10-17,24H,5-9,18-19H2,1-4H3,(H,28,32)/t24-/m0/s1. The van der Waals surface area contributed by atoms with Gasteiger partial charge in [0.1, 0.15) is 11.9 Å². The summed E-state index contributed by atoms with van der Waals surface area (Å²) < 4.78 is 39.5. The lowest BCUT2D eigenvalue weighted by molar-refractivity contribution is -0.141. The van der Waals surface area contributed by atoms with Crippen LogP contribution in [0.5, 0.6) is 0 Å². The van der Waals surface area contributed by atoms with Crippen molar-refractivity contribution in [2.24, 2.45) is 0 Å². The van der Waals surface area contributed by atoms with Crippen molar-refractivity contribution in [2.45, 2.75) is 59.0 Å². The zero-order valence-electron chi connectivity index (χ0n) is 21.0. The number of halogens is 1. The number of hydrogen-bond acceptors (Lipinski definition) is 4. The second-order valence-electron chi connectivity index (χ2n) is 8.43. The van der Waals surface area contributed by atoms with Crippen LogP contribution in [0.4, 0.5) is 10.1 Å². The van der Waals surface area contributed by atoms with Gasteiger partial charge in [0.2, 0.25) is 21.8 Å². The minimum Gasteiger partial charge on any atom is -0.355 e. The Morgan fingerprint density at radius 2 is 1.57 bits per heavy atom. The number of carbonyl (C=O) groups is 2. The summed E-state index contributed by atoms with van der Waals surface area (Å²) in [6, 6.07) is 12.5. The summed E-state index contributed by atoms with van der Waals surface area (Å²) >= 11 is 0. The molecule has 0 aromatic heterocycles. The first-order valence-electron chi connectivity index (χ1n) is 12.0. The molecule has 9 heteroatoms. The van der Waals surface area contributed by atoms with Crippen molar-refractivity contribution in [3.63, 3.8) is 0 Å². The fraction of sp³-hybridized carbons (Fsp3) is 0.462. The minimum absolute atomic E-state index is 0.0656. The van der Waals surface area contributed by atoms with Gasteiger partial charge in [0, 0.05) is 26.1 Å². The van der Waals surface area contributed by atoms with Crippen molar-refractivity contribution in [1.29, 1.82) is 0 Å². The number of likely N-dealkylation sites (N-methyl/N-ethyl adjacent to an activating group) is 1. The first kappa shape index (κ1) is 28.3. The van der Waals surface area contributed by atoms with E-state index in [0.717, 1.165) is 18.2 Å². The number of anilines is 1. The molecule has 0 aliphatic rings. The number of nitrogens with zero attached hydrogens (tertiary/aromatic N) is 2. The van der Waals surface area contributed by atoms with Crippen LogP contribution < -0.4 is 9.62 Å². The molecule has 0 fully saturated rings.